The Morgan fingerprint density at radius 2 is 1.53 bits per heavy atom. The van der Waals surface area contributed by atoms with Gasteiger partial charge in [-0.3, -0.25) is 0 Å². The summed E-state index contributed by atoms with van der Waals surface area (Å²) in [6, 6.07) is 8.09. The molecule has 7 nitrogen and oxygen atoms in total. The molecule has 0 amide bonds. The van der Waals surface area contributed by atoms with Gasteiger partial charge in [0.15, 0.2) is 15.6 Å². The van der Waals surface area contributed by atoms with Crippen molar-refractivity contribution >= 4 is 42.9 Å². The molecule has 0 aliphatic heterocycles. The second-order valence-corrected chi connectivity index (χ2v) is 12.2. The Morgan fingerprint density at radius 3 is 2.06 bits per heavy atom. The first kappa shape index (κ1) is 26.7. The van der Waals surface area contributed by atoms with Gasteiger partial charge in [0.05, 0.1) is 32.2 Å². The maximum Gasteiger partial charge on any atom is 0.206 e. The van der Waals surface area contributed by atoms with E-state index in [0.717, 1.165) is 12.8 Å². The van der Waals surface area contributed by atoms with Gasteiger partial charge in [0.1, 0.15) is 18.5 Å². The van der Waals surface area contributed by atoms with E-state index in [-0.39, 0.29) is 43.7 Å². The SMILES string of the molecule is CCCCOc1c(Cl)cc(S(=O)(=O)c2ccc(OC[C@H](O)CS(=O)(=O)CC)cc2)cc1Cl. The van der Waals surface area contributed by atoms with E-state index in [9.17, 15) is 21.9 Å². The number of halogens is 2. The normalized spacial score (nSPS) is 13.0. The Labute approximate surface area is 199 Å². The number of aliphatic hydroxyl groups is 1. The van der Waals surface area contributed by atoms with Crippen molar-refractivity contribution in [1.29, 1.82) is 0 Å². The van der Waals surface area contributed by atoms with Crippen LogP contribution in [0.15, 0.2) is 46.2 Å². The minimum absolute atomic E-state index is 0.00857. The summed E-state index contributed by atoms with van der Waals surface area (Å²) in [5.41, 5.74) is 0. The average molecular weight is 525 g/mol. The minimum Gasteiger partial charge on any atom is -0.491 e. The van der Waals surface area contributed by atoms with Crippen LogP contribution >= 0.6 is 23.2 Å². The molecule has 0 fully saturated rings. The van der Waals surface area contributed by atoms with Crippen LogP contribution in [0.5, 0.6) is 11.5 Å². The molecule has 0 heterocycles. The average Bonchev–Trinajstić information content (AvgIpc) is 2.74. The molecule has 0 unspecified atom stereocenters. The molecule has 0 aromatic heterocycles. The van der Waals surface area contributed by atoms with Crippen molar-refractivity contribution in [3.05, 3.63) is 46.4 Å². The Kier molecular flexibility index (Phi) is 9.66. The van der Waals surface area contributed by atoms with Crippen molar-refractivity contribution in [3.63, 3.8) is 0 Å². The largest absolute Gasteiger partial charge is 0.491 e. The van der Waals surface area contributed by atoms with Gasteiger partial charge in [-0.15, -0.1) is 0 Å². The van der Waals surface area contributed by atoms with Gasteiger partial charge < -0.3 is 14.6 Å². The van der Waals surface area contributed by atoms with Gasteiger partial charge in [-0.1, -0.05) is 43.5 Å². The summed E-state index contributed by atoms with van der Waals surface area (Å²) >= 11 is 12.4. The summed E-state index contributed by atoms with van der Waals surface area (Å²) in [7, 11) is -7.25. The van der Waals surface area contributed by atoms with Gasteiger partial charge in [0.2, 0.25) is 9.84 Å². The standard InChI is InChI=1S/C21H26Cl2O7S2/c1-3-5-10-29-21-19(22)11-18(12-20(21)23)32(27,28)17-8-6-16(7-9-17)30-13-15(24)14-31(25,26)4-2/h6-9,11-12,15,24H,3-5,10,13-14H2,1-2H3/t15-/m0/s1. The first-order valence-corrected chi connectivity index (χ1v) is 14.0. The molecule has 1 N–H and O–H groups in total. The number of hydrogen-bond donors (Lipinski definition) is 1. The highest BCUT2D eigenvalue weighted by Gasteiger charge is 2.22. The molecule has 0 bridgehead atoms. The molecule has 0 radical (unpaired) electrons. The molecule has 2 rings (SSSR count). The highest BCUT2D eigenvalue weighted by Crippen LogP contribution is 2.37. The number of unbranched alkanes of at least 4 members (excludes halogenated alkanes) is 1. The zero-order valence-corrected chi connectivity index (χ0v) is 20.9. The summed E-state index contributed by atoms with van der Waals surface area (Å²) in [5, 5.41) is 10.0. The number of aliphatic hydroxyl groups excluding tert-OH is 1. The van der Waals surface area contributed by atoms with Gasteiger partial charge in [0, 0.05) is 5.75 Å². The summed E-state index contributed by atoms with van der Waals surface area (Å²) in [6.45, 7) is 3.69. The quantitative estimate of drug-likeness (QED) is 0.415. The predicted octanol–water partition coefficient (Wildman–Crippen LogP) is 4.18. The fraction of sp³-hybridized carbons (Fsp3) is 0.429. The van der Waals surface area contributed by atoms with Gasteiger partial charge >= 0.3 is 0 Å². The first-order valence-electron chi connectivity index (χ1n) is 9.98. The van der Waals surface area contributed by atoms with Crippen LogP contribution in [0.25, 0.3) is 0 Å². The molecular weight excluding hydrogens is 499 g/mol. The van der Waals surface area contributed by atoms with E-state index in [1.165, 1.54) is 43.3 Å². The van der Waals surface area contributed by atoms with Crippen molar-refractivity contribution in [2.24, 2.45) is 0 Å². The van der Waals surface area contributed by atoms with E-state index < -0.39 is 31.5 Å². The zero-order chi connectivity index (χ0) is 23.9. The van der Waals surface area contributed by atoms with E-state index in [1.807, 2.05) is 6.92 Å². The van der Waals surface area contributed by atoms with Crippen LogP contribution < -0.4 is 9.47 Å². The monoisotopic (exact) mass is 524 g/mol. The van der Waals surface area contributed by atoms with Crippen LogP contribution in [0.3, 0.4) is 0 Å². The smallest absolute Gasteiger partial charge is 0.206 e. The number of ether oxygens (including phenoxy) is 2. The number of benzene rings is 2. The number of rotatable bonds is 12. The van der Waals surface area contributed by atoms with Gasteiger partial charge in [-0.2, -0.15) is 0 Å². The lowest BCUT2D eigenvalue weighted by atomic mass is 10.3. The lowest BCUT2D eigenvalue weighted by Gasteiger charge is -2.13. The summed E-state index contributed by atoms with van der Waals surface area (Å²) < 4.78 is 59.9. The molecule has 0 aliphatic rings. The molecule has 1 atom stereocenters. The van der Waals surface area contributed by atoms with Crippen molar-refractivity contribution in [1.82, 2.24) is 0 Å². The molecule has 0 spiro atoms. The Balaban J connectivity index is 2.13. The second-order valence-electron chi connectivity index (χ2n) is 7.06. The summed E-state index contributed by atoms with van der Waals surface area (Å²) in [4.78, 5) is -0.0880. The van der Waals surface area contributed by atoms with Crippen LogP contribution in [0.2, 0.25) is 10.0 Å². The Bertz CT molecular complexity index is 1090. The lowest BCUT2D eigenvalue weighted by molar-refractivity contribution is 0.125. The third kappa shape index (κ3) is 7.25. The highest BCUT2D eigenvalue weighted by molar-refractivity contribution is 7.91. The molecule has 32 heavy (non-hydrogen) atoms. The summed E-state index contributed by atoms with van der Waals surface area (Å²) in [6.07, 6.45) is 0.552. The van der Waals surface area contributed by atoms with Crippen LogP contribution in [0, 0.1) is 0 Å². The number of sulfone groups is 2. The van der Waals surface area contributed by atoms with Gasteiger partial charge in [0.25, 0.3) is 0 Å². The van der Waals surface area contributed by atoms with Crippen molar-refractivity contribution in [2.45, 2.75) is 42.6 Å². The molecule has 0 saturated heterocycles. The molecule has 0 aliphatic carbocycles. The topological polar surface area (TPSA) is 107 Å². The predicted molar refractivity (Wildman–Crippen MR) is 125 cm³/mol. The summed E-state index contributed by atoms with van der Waals surface area (Å²) in [5.74, 6) is 0.0485. The maximum absolute atomic E-state index is 13.0. The van der Waals surface area contributed by atoms with E-state index in [1.54, 1.807) is 0 Å². The van der Waals surface area contributed by atoms with Crippen molar-refractivity contribution in [3.8, 4) is 11.5 Å². The van der Waals surface area contributed by atoms with Gasteiger partial charge in [-0.25, -0.2) is 16.8 Å². The third-order valence-electron chi connectivity index (χ3n) is 4.49. The third-order valence-corrected chi connectivity index (χ3v) is 8.57. The minimum atomic E-state index is -3.91. The molecule has 2 aromatic carbocycles. The Morgan fingerprint density at radius 1 is 0.938 bits per heavy atom. The van der Waals surface area contributed by atoms with Crippen LogP contribution in [0.1, 0.15) is 26.7 Å². The van der Waals surface area contributed by atoms with Crippen molar-refractivity contribution < 1.29 is 31.4 Å². The second kappa shape index (κ2) is 11.6. The van der Waals surface area contributed by atoms with E-state index in [2.05, 4.69) is 0 Å². The van der Waals surface area contributed by atoms with Crippen LogP contribution in [0.4, 0.5) is 0 Å². The molecular formula is C21H26Cl2O7S2. The Hall–Kier alpha value is -1.52. The zero-order valence-electron chi connectivity index (χ0n) is 17.8. The van der Waals surface area contributed by atoms with Crippen LogP contribution in [-0.4, -0.2) is 52.8 Å². The van der Waals surface area contributed by atoms with E-state index in [4.69, 9.17) is 32.7 Å². The van der Waals surface area contributed by atoms with Crippen LogP contribution in [-0.2, 0) is 19.7 Å². The van der Waals surface area contributed by atoms with E-state index in [0.29, 0.717) is 6.61 Å². The molecule has 2 aromatic rings. The van der Waals surface area contributed by atoms with Gasteiger partial charge in [-0.05, 0) is 42.8 Å². The first-order chi connectivity index (χ1) is 15.0. The fourth-order valence-electron chi connectivity index (χ4n) is 2.65. The fourth-order valence-corrected chi connectivity index (χ4v) is 5.61. The van der Waals surface area contributed by atoms with E-state index >= 15 is 0 Å². The van der Waals surface area contributed by atoms with Crippen molar-refractivity contribution in [2.75, 3.05) is 24.7 Å². The molecule has 0 saturated carbocycles. The lowest BCUT2D eigenvalue weighted by Crippen LogP contribution is -2.27. The molecule has 11 heteroatoms. The highest BCUT2D eigenvalue weighted by atomic mass is 35.5. The molecule has 178 valence electrons. The number of hydrogen-bond acceptors (Lipinski definition) is 7. The maximum atomic E-state index is 13.0.